The number of aromatic amines is 1. The zero-order valence-electron chi connectivity index (χ0n) is 23.6. The molecule has 220 valence electrons. The lowest BCUT2D eigenvalue weighted by molar-refractivity contribution is -0.131. The van der Waals surface area contributed by atoms with Crippen molar-refractivity contribution in [2.45, 2.75) is 37.7 Å². The highest BCUT2D eigenvalue weighted by Gasteiger charge is 2.20. The van der Waals surface area contributed by atoms with Crippen molar-refractivity contribution in [1.82, 2.24) is 19.8 Å². The van der Waals surface area contributed by atoms with E-state index in [1.807, 2.05) is 53.4 Å². The zero-order chi connectivity index (χ0) is 30.1. The SMILES string of the molecule is CCN(CC)CCN(Cc1ccc(-c2ccc(Cl)cc2)cc1)C(=O)Cc1nc(SCc2ccc(F)cc2)[nH]c(=O)c1Br. The molecule has 0 aliphatic carbocycles. The fourth-order valence-electron chi connectivity index (χ4n) is 4.41. The van der Waals surface area contributed by atoms with Gasteiger partial charge >= 0.3 is 0 Å². The minimum Gasteiger partial charge on any atom is -0.337 e. The Hall–Kier alpha value is -2.98. The van der Waals surface area contributed by atoms with Crippen LogP contribution in [0.2, 0.25) is 5.02 Å². The van der Waals surface area contributed by atoms with Crippen molar-refractivity contribution in [3.63, 3.8) is 0 Å². The Morgan fingerprint density at radius 1 is 0.929 bits per heavy atom. The van der Waals surface area contributed by atoms with Crippen molar-refractivity contribution in [3.05, 3.63) is 115 Å². The number of nitrogens with one attached hydrogen (secondary N) is 1. The summed E-state index contributed by atoms with van der Waals surface area (Å²) in [4.78, 5) is 37.8. The normalized spacial score (nSPS) is 11.2. The van der Waals surface area contributed by atoms with Crippen LogP contribution in [0.15, 0.2) is 87.2 Å². The number of hydrogen-bond acceptors (Lipinski definition) is 5. The van der Waals surface area contributed by atoms with Crippen LogP contribution in [0.25, 0.3) is 11.1 Å². The Balaban J connectivity index is 1.50. The lowest BCUT2D eigenvalue weighted by Gasteiger charge is -2.27. The number of carbonyl (C=O) groups is 1. The number of H-pyrrole nitrogens is 1. The molecule has 1 aromatic heterocycles. The van der Waals surface area contributed by atoms with Gasteiger partial charge in [0, 0.05) is 30.4 Å². The molecular formula is C32H33BrClFN4O2S. The first-order valence-corrected chi connectivity index (χ1v) is 15.9. The summed E-state index contributed by atoms with van der Waals surface area (Å²) in [6.45, 7) is 7.72. The number of amides is 1. The molecule has 0 unspecified atom stereocenters. The average Bonchev–Trinajstić information content (AvgIpc) is 3.00. The summed E-state index contributed by atoms with van der Waals surface area (Å²) in [6, 6.07) is 22.0. The van der Waals surface area contributed by atoms with E-state index in [1.165, 1.54) is 23.9 Å². The highest BCUT2D eigenvalue weighted by molar-refractivity contribution is 9.10. The number of thioether (sulfide) groups is 1. The predicted molar refractivity (Wildman–Crippen MR) is 172 cm³/mol. The molecule has 0 saturated carbocycles. The van der Waals surface area contributed by atoms with E-state index in [0.717, 1.165) is 41.9 Å². The van der Waals surface area contributed by atoms with Gasteiger partial charge in [0.25, 0.3) is 5.56 Å². The van der Waals surface area contributed by atoms with Gasteiger partial charge in [-0.2, -0.15) is 0 Å². The van der Waals surface area contributed by atoms with Gasteiger partial charge in [-0.3, -0.25) is 9.59 Å². The van der Waals surface area contributed by atoms with Crippen LogP contribution >= 0.6 is 39.3 Å². The summed E-state index contributed by atoms with van der Waals surface area (Å²) < 4.78 is 13.5. The third kappa shape index (κ3) is 9.01. The van der Waals surface area contributed by atoms with Gasteiger partial charge < -0.3 is 14.8 Å². The molecule has 0 saturated heterocycles. The molecule has 6 nitrogen and oxygen atoms in total. The van der Waals surface area contributed by atoms with Crippen LogP contribution in [0, 0.1) is 5.82 Å². The maximum absolute atomic E-state index is 13.7. The number of aromatic nitrogens is 2. The summed E-state index contributed by atoms with van der Waals surface area (Å²) in [6.07, 6.45) is -0.0181. The van der Waals surface area contributed by atoms with Gasteiger partial charge in [0.05, 0.1) is 12.1 Å². The van der Waals surface area contributed by atoms with Crippen LogP contribution in [-0.4, -0.2) is 51.9 Å². The number of halogens is 3. The Labute approximate surface area is 263 Å². The number of carbonyl (C=O) groups excluding carboxylic acids is 1. The summed E-state index contributed by atoms with van der Waals surface area (Å²) in [5, 5.41) is 1.10. The monoisotopic (exact) mass is 670 g/mol. The van der Waals surface area contributed by atoms with Crippen molar-refractivity contribution < 1.29 is 9.18 Å². The number of rotatable bonds is 13. The Kier molecular flexibility index (Phi) is 11.8. The van der Waals surface area contributed by atoms with Crippen LogP contribution in [0.4, 0.5) is 4.39 Å². The molecule has 0 spiro atoms. The van der Waals surface area contributed by atoms with Gasteiger partial charge in [-0.05, 0) is 75.5 Å². The standard InChI is InChI=1S/C32H33BrClFN4O2S/c1-3-38(4-2)17-18-39(20-22-5-9-24(10-6-22)25-11-13-26(34)14-12-25)29(40)19-28-30(33)31(41)37-32(36-28)42-21-23-7-15-27(35)16-8-23/h5-16H,3-4,17-21H2,1-2H3,(H,36,37,41). The van der Waals surface area contributed by atoms with Crippen molar-refractivity contribution in [2.75, 3.05) is 26.2 Å². The predicted octanol–water partition coefficient (Wildman–Crippen LogP) is 7.20. The van der Waals surface area contributed by atoms with Crippen molar-refractivity contribution in [1.29, 1.82) is 0 Å². The van der Waals surface area contributed by atoms with E-state index in [9.17, 15) is 14.0 Å². The molecule has 0 aliphatic heterocycles. The molecule has 0 radical (unpaired) electrons. The number of hydrogen-bond donors (Lipinski definition) is 1. The maximum Gasteiger partial charge on any atom is 0.266 e. The second kappa shape index (κ2) is 15.5. The van der Waals surface area contributed by atoms with Gasteiger partial charge in [0.1, 0.15) is 10.3 Å². The highest BCUT2D eigenvalue weighted by Crippen LogP contribution is 2.24. The smallest absolute Gasteiger partial charge is 0.266 e. The molecule has 42 heavy (non-hydrogen) atoms. The van der Waals surface area contributed by atoms with Crippen molar-refractivity contribution in [2.24, 2.45) is 0 Å². The fourth-order valence-corrected chi connectivity index (χ4v) is 5.70. The van der Waals surface area contributed by atoms with E-state index in [2.05, 4.69) is 44.6 Å². The van der Waals surface area contributed by atoms with Gasteiger partial charge in [0.15, 0.2) is 5.16 Å². The van der Waals surface area contributed by atoms with E-state index in [0.29, 0.717) is 34.7 Å². The lowest BCUT2D eigenvalue weighted by atomic mass is 10.0. The number of likely N-dealkylation sites (N-methyl/N-ethyl adjacent to an activating group) is 1. The van der Waals surface area contributed by atoms with E-state index in [1.54, 1.807) is 12.1 Å². The second-order valence-electron chi connectivity index (χ2n) is 9.77. The molecule has 0 atom stereocenters. The van der Waals surface area contributed by atoms with Crippen LogP contribution in [-0.2, 0) is 23.5 Å². The summed E-state index contributed by atoms with van der Waals surface area (Å²) >= 11 is 10.7. The highest BCUT2D eigenvalue weighted by atomic mass is 79.9. The molecule has 4 aromatic rings. The topological polar surface area (TPSA) is 69.3 Å². The van der Waals surface area contributed by atoms with E-state index >= 15 is 0 Å². The molecule has 1 N–H and O–H groups in total. The summed E-state index contributed by atoms with van der Waals surface area (Å²) in [5.74, 6) is 0.0836. The summed E-state index contributed by atoms with van der Waals surface area (Å²) in [7, 11) is 0. The van der Waals surface area contributed by atoms with Gasteiger partial charge in [0.2, 0.25) is 5.91 Å². The minimum atomic E-state index is -0.345. The lowest BCUT2D eigenvalue weighted by Crippen LogP contribution is -2.39. The van der Waals surface area contributed by atoms with Crippen LogP contribution in [0.5, 0.6) is 0 Å². The first kappa shape index (κ1) is 31.9. The van der Waals surface area contributed by atoms with Crippen LogP contribution < -0.4 is 5.56 Å². The van der Waals surface area contributed by atoms with Gasteiger partial charge in [-0.1, -0.05) is 85.7 Å². The largest absolute Gasteiger partial charge is 0.337 e. The van der Waals surface area contributed by atoms with E-state index in [4.69, 9.17) is 11.6 Å². The third-order valence-corrected chi connectivity index (χ3v) is 8.97. The second-order valence-corrected chi connectivity index (χ2v) is 12.0. The molecule has 3 aromatic carbocycles. The molecule has 0 aliphatic rings. The zero-order valence-corrected chi connectivity index (χ0v) is 26.7. The first-order valence-electron chi connectivity index (χ1n) is 13.8. The van der Waals surface area contributed by atoms with Gasteiger partial charge in [-0.15, -0.1) is 0 Å². The molecule has 10 heteroatoms. The molecule has 4 rings (SSSR count). The maximum atomic E-state index is 13.7. The molecule has 1 amide bonds. The Bertz CT molecular complexity index is 1530. The molecule has 0 fully saturated rings. The van der Waals surface area contributed by atoms with Gasteiger partial charge in [-0.25, -0.2) is 9.37 Å². The minimum absolute atomic E-state index is 0.0181. The number of nitrogens with zero attached hydrogens (tertiary/aromatic N) is 3. The van der Waals surface area contributed by atoms with E-state index < -0.39 is 0 Å². The Morgan fingerprint density at radius 2 is 1.52 bits per heavy atom. The first-order chi connectivity index (χ1) is 20.2. The fraction of sp³-hybridized carbons (Fsp3) is 0.281. The van der Waals surface area contributed by atoms with Crippen molar-refractivity contribution >= 4 is 45.2 Å². The van der Waals surface area contributed by atoms with Crippen LogP contribution in [0.3, 0.4) is 0 Å². The third-order valence-electron chi connectivity index (χ3n) is 6.96. The average molecular weight is 672 g/mol. The van der Waals surface area contributed by atoms with Crippen molar-refractivity contribution in [3.8, 4) is 11.1 Å². The molecular weight excluding hydrogens is 639 g/mol. The van der Waals surface area contributed by atoms with Crippen LogP contribution in [0.1, 0.15) is 30.7 Å². The quantitative estimate of drug-likeness (QED) is 0.120. The summed E-state index contributed by atoms with van der Waals surface area (Å²) in [5.41, 5.74) is 4.08. The number of benzene rings is 3. The van der Waals surface area contributed by atoms with E-state index in [-0.39, 0.29) is 28.2 Å². The molecule has 1 heterocycles. The molecule has 0 bridgehead atoms. The Morgan fingerprint density at radius 3 is 2.14 bits per heavy atom.